The maximum Gasteiger partial charge on any atom is 0.342 e. The average Bonchev–Trinajstić information content (AvgIpc) is 2.88. The minimum absolute atomic E-state index is 0.000675. The summed E-state index contributed by atoms with van der Waals surface area (Å²) in [5.74, 6) is -0.771. The molecule has 1 amide bonds. The zero-order valence-corrected chi connectivity index (χ0v) is 15.2. The van der Waals surface area contributed by atoms with Crippen LogP contribution >= 0.6 is 0 Å². The highest BCUT2D eigenvalue weighted by Crippen LogP contribution is 2.32. The Morgan fingerprint density at radius 2 is 1.96 bits per heavy atom. The first-order chi connectivity index (χ1) is 12.3. The summed E-state index contributed by atoms with van der Waals surface area (Å²) in [5.41, 5.74) is 2.07. The van der Waals surface area contributed by atoms with E-state index in [1.165, 1.54) is 13.0 Å². The number of amides is 1. The lowest BCUT2D eigenvalue weighted by atomic mass is 10.1. The Balaban J connectivity index is 1.80. The third kappa shape index (κ3) is 3.14. The van der Waals surface area contributed by atoms with E-state index in [1.807, 2.05) is 31.2 Å². The van der Waals surface area contributed by atoms with Crippen molar-refractivity contribution in [3.05, 3.63) is 63.2 Å². The topological polar surface area (TPSA) is 76.8 Å². The van der Waals surface area contributed by atoms with Crippen molar-refractivity contribution in [2.75, 3.05) is 4.90 Å². The van der Waals surface area contributed by atoms with Gasteiger partial charge in [-0.3, -0.25) is 4.79 Å². The molecule has 6 nitrogen and oxygen atoms in total. The van der Waals surface area contributed by atoms with Crippen LogP contribution in [0, 0.1) is 13.8 Å². The van der Waals surface area contributed by atoms with Crippen molar-refractivity contribution in [1.29, 1.82) is 0 Å². The molecule has 1 aromatic carbocycles. The van der Waals surface area contributed by atoms with Crippen LogP contribution in [0.5, 0.6) is 0 Å². The fraction of sp³-hybridized carbons (Fsp3) is 0.350. The van der Waals surface area contributed by atoms with Gasteiger partial charge in [0.15, 0.2) is 6.10 Å². The normalized spacial score (nSPS) is 16.9. The number of hydrogen-bond acceptors (Lipinski definition) is 5. The molecule has 0 saturated heterocycles. The van der Waals surface area contributed by atoms with Crippen molar-refractivity contribution < 1.29 is 18.7 Å². The van der Waals surface area contributed by atoms with Crippen LogP contribution in [0.4, 0.5) is 5.69 Å². The van der Waals surface area contributed by atoms with Crippen molar-refractivity contribution in [1.82, 2.24) is 0 Å². The number of aryl methyl sites for hydroxylation is 2. The van der Waals surface area contributed by atoms with Gasteiger partial charge >= 0.3 is 11.6 Å². The van der Waals surface area contributed by atoms with Gasteiger partial charge in [-0.15, -0.1) is 0 Å². The van der Waals surface area contributed by atoms with E-state index < -0.39 is 17.7 Å². The number of carbonyl (C=O) groups is 2. The largest absolute Gasteiger partial charge is 0.449 e. The van der Waals surface area contributed by atoms with Gasteiger partial charge in [-0.2, -0.15) is 0 Å². The number of ether oxygens (including phenoxy) is 1. The van der Waals surface area contributed by atoms with Crippen LogP contribution in [0.2, 0.25) is 0 Å². The fourth-order valence-electron chi connectivity index (χ4n) is 3.43. The monoisotopic (exact) mass is 355 g/mol. The number of para-hydroxylation sites is 1. The standard InChI is InChI=1S/C20H21NO5/c1-11-9-17(22)25-13(3)18(11)20(24)26-14(4)19(23)21-12(2)10-15-7-5-6-8-16(15)21/h5-9,12,14H,10H2,1-4H3/t12-,14+/m0/s1. The number of rotatable bonds is 3. The van der Waals surface area contributed by atoms with Crippen molar-refractivity contribution in [3.8, 4) is 0 Å². The van der Waals surface area contributed by atoms with Crippen molar-refractivity contribution in [3.63, 3.8) is 0 Å². The minimum Gasteiger partial charge on any atom is -0.449 e. The first kappa shape index (κ1) is 17.9. The molecule has 136 valence electrons. The van der Waals surface area contributed by atoms with Crippen LogP contribution in [0.1, 0.15) is 41.1 Å². The van der Waals surface area contributed by atoms with Crippen molar-refractivity contribution in [2.45, 2.75) is 46.3 Å². The van der Waals surface area contributed by atoms with Crippen LogP contribution in [0.15, 0.2) is 39.5 Å². The molecule has 2 heterocycles. The molecule has 0 saturated carbocycles. The highest BCUT2D eigenvalue weighted by molar-refractivity contribution is 6.01. The summed E-state index contributed by atoms with van der Waals surface area (Å²) < 4.78 is 10.3. The predicted octanol–water partition coefficient (Wildman–Crippen LogP) is 2.78. The maximum atomic E-state index is 12.9. The molecule has 26 heavy (non-hydrogen) atoms. The molecule has 0 aliphatic carbocycles. The fourth-order valence-corrected chi connectivity index (χ4v) is 3.43. The van der Waals surface area contributed by atoms with Crippen molar-refractivity contribution >= 4 is 17.6 Å². The van der Waals surface area contributed by atoms with E-state index in [-0.39, 0.29) is 23.3 Å². The summed E-state index contributed by atoms with van der Waals surface area (Å²) in [6.45, 7) is 6.67. The van der Waals surface area contributed by atoms with Crippen LogP contribution < -0.4 is 10.5 Å². The predicted molar refractivity (Wildman–Crippen MR) is 96.4 cm³/mol. The summed E-state index contributed by atoms with van der Waals surface area (Å²) in [6, 6.07) is 8.94. The van der Waals surface area contributed by atoms with E-state index in [2.05, 4.69) is 0 Å². The van der Waals surface area contributed by atoms with Crippen LogP contribution in [0.25, 0.3) is 0 Å². The van der Waals surface area contributed by atoms with Gasteiger partial charge in [0.1, 0.15) is 11.3 Å². The number of anilines is 1. The molecule has 6 heteroatoms. The van der Waals surface area contributed by atoms with Crippen LogP contribution in [0.3, 0.4) is 0 Å². The minimum atomic E-state index is -0.957. The van der Waals surface area contributed by atoms with E-state index in [9.17, 15) is 14.4 Å². The number of carbonyl (C=O) groups excluding carboxylic acids is 2. The number of fused-ring (bicyclic) bond motifs is 1. The van der Waals surface area contributed by atoms with Gasteiger partial charge < -0.3 is 14.1 Å². The molecule has 0 unspecified atom stereocenters. The summed E-state index contributed by atoms with van der Waals surface area (Å²) in [5, 5.41) is 0. The van der Waals surface area contributed by atoms with Gasteiger partial charge in [-0.1, -0.05) is 18.2 Å². The average molecular weight is 355 g/mol. The van der Waals surface area contributed by atoms with E-state index in [0.29, 0.717) is 5.56 Å². The Bertz CT molecular complexity index is 904. The van der Waals surface area contributed by atoms with Gasteiger partial charge in [-0.05, 0) is 51.3 Å². The van der Waals surface area contributed by atoms with E-state index in [0.717, 1.165) is 17.7 Å². The van der Waals surface area contributed by atoms with Crippen LogP contribution in [-0.2, 0) is 16.0 Å². The quantitative estimate of drug-likeness (QED) is 0.791. The zero-order valence-electron chi connectivity index (χ0n) is 15.2. The van der Waals surface area contributed by atoms with Gasteiger partial charge in [-0.25, -0.2) is 9.59 Å². The smallest absolute Gasteiger partial charge is 0.342 e. The first-order valence-electron chi connectivity index (χ1n) is 8.53. The second-order valence-electron chi connectivity index (χ2n) is 6.62. The lowest BCUT2D eigenvalue weighted by molar-refractivity contribution is -0.126. The van der Waals surface area contributed by atoms with Gasteiger partial charge in [0.25, 0.3) is 5.91 Å². The van der Waals surface area contributed by atoms with Gasteiger partial charge in [0.2, 0.25) is 0 Å². The summed E-state index contributed by atoms with van der Waals surface area (Å²) in [6.07, 6.45) is -0.188. The summed E-state index contributed by atoms with van der Waals surface area (Å²) in [7, 11) is 0. The molecule has 2 aromatic rings. The molecule has 1 aliphatic heterocycles. The molecular weight excluding hydrogens is 334 g/mol. The molecule has 2 atom stereocenters. The highest BCUT2D eigenvalue weighted by atomic mass is 16.5. The molecule has 0 N–H and O–H groups in total. The molecule has 3 rings (SSSR count). The van der Waals surface area contributed by atoms with E-state index in [1.54, 1.807) is 18.7 Å². The van der Waals surface area contributed by atoms with Crippen LogP contribution in [-0.4, -0.2) is 24.0 Å². The Morgan fingerprint density at radius 1 is 1.27 bits per heavy atom. The van der Waals surface area contributed by atoms with Gasteiger partial charge in [0, 0.05) is 17.8 Å². The molecule has 1 aromatic heterocycles. The molecule has 1 aliphatic rings. The Hall–Kier alpha value is -2.89. The lowest BCUT2D eigenvalue weighted by Crippen LogP contribution is -2.43. The summed E-state index contributed by atoms with van der Waals surface area (Å²) in [4.78, 5) is 38.4. The third-order valence-corrected chi connectivity index (χ3v) is 4.61. The number of benzene rings is 1. The molecular formula is C20H21NO5. The Labute approximate surface area is 151 Å². The number of hydrogen-bond donors (Lipinski definition) is 0. The van der Waals surface area contributed by atoms with E-state index >= 15 is 0 Å². The summed E-state index contributed by atoms with van der Waals surface area (Å²) >= 11 is 0. The molecule has 0 fully saturated rings. The van der Waals surface area contributed by atoms with E-state index in [4.69, 9.17) is 9.15 Å². The highest BCUT2D eigenvalue weighted by Gasteiger charge is 2.35. The van der Waals surface area contributed by atoms with Gasteiger partial charge in [0.05, 0.1) is 0 Å². The number of nitrogens with zero attached hydrogens (tertiary/aromatic N) is 1. The third-order valence-electron chi connectivity index (χ3n) is 4.61. The second-order valence-corrected chi connectivity index (χ2v) is 6.62. The number of esters is 1. The first-order valence-corrected chi connectivity index (χ1v) is 8.53. The SMILES string of the molecule is Cc1cc(=O)oc(C)c1C(=O)O[C@H](C)C(=O)N1c2ccccc2C[C@@H]1C. The zero-order chi connectivity index (χ0) is 19.0. The Morgan fingerprint density at radius 3 is 2.65 bits per heavy atom. The molecule has 0 spiro atoms. The second kappa shape index (κ2) is 6.78. The lowest BCUT2D eigenvalue weighted by Gasteiger charge is -2.26. The molecule has 0 radical (unpaired) electrons. The maximum absolute atomic E-state index is 12.9. The Kier molecular flexibility index (Phi) is 4.68. The molecule has 0 bridgehead atoms. The van der Waals surface area contributed by atoms with Crippen molar-refractivity contribution in [2.24, 2.45) is 0 Å².